The lowest BCUT2D eigenvalue weighted by molar-refractivity contribution is -0.384. The number of nitro benzene ring substituents is 1. The largest absolute Gasteiger partial charge is 0.507 e. The zero-order valence-corrected chi connectivity index (χ0v) is 16.9. The van der Waals surface area contributed by atoms with E-state index in [0.717, 1.165) is 0 Å². The zero-order chi connectivity index (χ0) is 23.0. The molecule has 8 heteroatoms. The third-order valence-corrected chi connectivity index (χ3v) is 5.37. The Morgan fingerprint density at radius 3 is 2.25 bits per heavy atom. The molecule has 4 rings (SSSR count). The molecule has 1 unspecified atom stereocenters. The number of anilines is 1. The highest BCUT2D eigenvalue weighted by Crippen LogP contribution is 2.43. The molecule has 1 saturated heterocycles. The van der Waals surface area contributed by atoms with Gasteiger partial charge in [-0.25, -0.2) is 4.39 Å². The van der Waals surface area contributed by atoms with Gasteiger partial charge in [-0.15, -0.1) is 0 Å². The van der Waals surface area contributed by atoms with Crippen molar-refractivity contribution in [3.05, 3.63) is 111 Å². The lowest BCUT2D eigenvalue weighted by atomic mass is 9.94. The van der Waals surface area contributed by atoms with E-state index < -0.39 is 34.2 Å². The molecule has 0 saturated carbocycles. The number of nitrogens with zero attached hydrogens (tertiary/aromatic N) is 2. The standard InChI is InChI=1S/C24H17FN2O5/c1-14-6-2-5-9-19(14)26-21(17-7-3-4-8-18(17)25)20(23(29)24(26)30)22(28)15-10-12-16(13-11-15)27(31)32/h2-13,21,28H,1H3/b22-20+. The number of hydrogen-bond acceptors (Lipinski definition) is 5. The number of hydrogen-bond donors (Lipinski definition) is 1. The van der Waals surface area contributed by atoms with Crippen LogP contribution in [0.2, 0.25) is 0 Å². The first-order chi connectivity index (χ1) is 15.3. The number of aliphatic hydroxyl groups is 1. The van der Waals surface area contributed by atoms with E-state index in [2.05, 4.69) is 0 Å². The maximum absolute atomic E-state index is 14.8. The van der Waals surface area contributed by atoms with Crippen LogP contribution in [-0.4, -0.2) is 21.7 Å². The summed E-state index contributed by atoms with van der Waals surface area (Å²) in [6.07, 6.45) is 0. The summed E-state index contributed by atoms with van der Waals surface area (Å²) in [7, 11) is 0. The van der Waals surface area contributed by atoms with Crippen LogP contribution in [0.25, 0.3) is 5.76 Å². The molecule has 3 aromatic rings. The summed E-state index contributed by atoms with van der Waals surface area (Å²) in [6, 6.07) is 16.2. The summed E-state index contributed by atoms with van der Waals surface area (Å²) in [5.74, 6) is -3.07. The van der Waals surface area contributed by atoms with Gasteiger partial charge in [-0.1, -0.05) is 36.4 Å². The van der Waals surface area contributed by atoms with Crippen molar-refractivity contribution in [3.63, 3.8) is 0 Å². The van der Waals surface area contributed by atoms with E-state index in [1.165, 1.54) is 47.4 Å². The Balaban J connectivity index is 1.96. The van der Waals surface area contributed by atoms with Crippen molar-refractivity contribution in [1.29, 1.82) is 0 Å². The van der Waals surface area contributed by atoms with E-state index in [-0.39, 0.29) is 22.4 Å². The molecule has 1 amide bonds. The number of amides is 1. The summed E-state index contributed by atoms with van der Waals surface area (Å²) in [6.45, 7) is 1.75. The number of Topliss-reactive ketones (excluding diaryl/α,β-unsaturated/α-hetero) is 1. The molecule has 0 bridgehead atoms. The first-order valence-electron chi connectivity index (χ1n) is 9.67. The Morgan fingerprint density at radius 2 is 1.62 bits per heavy atom. The Labute approximate surface area is 182 Å². The second-order valence-electron chi connectivity index (χ2n) is 7.28. The molecule has 1 aliphatic heterocycles. The van der Waals surface area contributed by atoms with Crippen LogP contribution >= 0.6 is 0 Å². The number of aliphatic hydroxyl groups excluding tert-OH is 1. The van der Waals surface area contributed by atoms with Gasteiger partial charge in [0.05, 0.1) is 16.5 Å². The molecule has 1 atom stereocenters. The Kier molecular flexibility index (Phi) is 5.28. The predicted octanol–water partition coefficient (Wildman–Crippen LogP) is 4.67. The van der Waals surface area contributed by atoms with E-state index >= 15 is 0 Å². The van der Waals surface area contributed by atoms with Crippen LogP contribution in [0.1, 0.15) is 22.7 Å². The van der Waals surface area contributed by atoms with Crippen molar-refractivity contribution in [2.75, 3.05) is 4.90 Å². The number of benzene rings is 3. The van der Waals surface area contributed by atoms with Crippen molar-refractivity contribution in [3.8, 4) is 0 Å². The van der Waals surface area contributed by atoms with Crippen LogP contribution in [0.15, 0.2) is 78.4 Å². The van der Waals surface area contributed by atoms with Gasteiger partial charge in [-0.3, -0.25) is 24.6 Å². The highest BCUT2D eigenvalue weighted by Gasteiger charge is 2.48. The number of para-hydroxylation sites is 1. The summed E-state index contributed by atoms with van der Waals surface area (Å²) in [5, 5.41) is 21.9. The second kappa shape index (κ2) is 8.07. The van der Waals surface area contributed by atoms with Crippen molar-refractivity contribution < 1.29 is 24.0 Å². The fourth-order valence-corrected chi connectivity index (χ4v) is 3.80. The number of nitro groups is 1. The molecular formula is C24H17FN2O5. The first-order valence-corrected chi connectivity index (χ1v) is 9.67. The maximum Gasteiger partial charge on any atom is 0.300 e. The molecule has 1 N–H and O–H groups in total. The van der Waals surface area contributed by atoms with Gasteiger partial charge < -0.3 is 5.11 Å². The Hall–Kier alpha value is -4.33. The van der Waals surface area contributed by atoms with Gasteiger partial charge in [-0.05, 0) is 36.8 Å². The predicted molar refractivity (Wildman–Crippen MR) is 115 cm³/mol. The van der Waals surface area contributed by atoms with E-state index in [1.54, 1.807) is 37.3 Å². The monoisotopic (exact) mass is 432 g/mol. The SMILES string of the molecule is Cc1ccccc1N1C(=O)C(=O)/C(=C(/O)c2ccc([N+](=O)[O-])cc2)C1c1ccccc1F. The Morgan fingerprint density at radius 1 is 1.00 bits per heavy atom. The third-order valence-electron chi connectivity index (χ3n) is 5.37. The summed E-state index contributed by atoms with van der Waals surface area (Å²) < 4.78 is 14.8. The zero-order valence-electron chi connectivity index (χ0n) is 16.9. The van der Waals surface area contributed by atoms with Crippen LogP contribution in [0, 0.1) is 22.9 Å². The number of halogens is 1. The van der Waals surface area contributed by atoms with Crippen LogP contribution in [0.5, 0.6) is 0 Å². The molecule has 1 fully saturated rings. The summed E-state index contributed by atoms with van der Waals surface area (Å²) >= 11 is 0. The number of ketones is 1. The first kappa shape index (κ1) is 20.9. The minimum Gasteiger partial charge on any atom is -0.507 e. The normalized spacial score (nSPS) is 17.6. The van der Waals surface area contributed by atoms with Crippen LogP contribution in [-0.2, 0) is 9.59 Å². The van der Waals surface area contributed by atoms with Crippen molar-refractivity contribution >= 4 is 28.8 Å². The van der Waals surface area contributed by atoms with Crippen molar-refractivity contribution in [2.45, 2.75) is 13.0 Å². The third kappa shape index (κ3) is 3.41. The number of carbonyl (C=O) groups is 2. The molecular weight excluding hydrogens is 415 g/mol. The smallest absolute Gasteiger partial charge is 0.300 e. The fraction of sp³-hybridized carbons (Fsp3) is 0.0833. The fourth-order valence-electron chi connectivity index (χ4n) is 3.80. The topological polar surface area (TPSA) is 101 Å². The van der Waals surface area contributed by atoms with Crippen molar-refractivity contribution in [2.24, 2.45) is 0 Å². The minimum absolute atomic E-state index is 0.0402. The van der Waals surface area contributed by atoms with Crippen LogP contribution < -0.4 is 4.90 Å². The van der Waals surface area contributed by atoms with Gasteiger partial charge in [-0.2, -0.15) is 0 Å². The van der Waals surface area contributed by atoms with E-state index in [1.807, 2.05) is 0 Å². The molecule has 32 heavy (non-hydrogen) atoms. The number of non-ortho nitro benzene ring substituents is 1. The molecule has 0 spiro atoms. The average molecular weight is 432 g/mol. The molecule has 3 aromatic carbocycles. The quantitative estimate of drug-likeness (QED) is 0.212. The molecule has 160 valence electrons. The number of aryl methyl sites for hydroxylation is 1. The molecule has 1 aliphatic rings. The van der Waals surface area contributed by atoms with Gasteiger partial charge in [0.2, 0.25) is 0 Å². The van der Waals surface area contributed by atoms with Crippen LogP contribution in [0.4, 0.5) is 15.8 Å². The average Bonchev–Trinajstić information content (AvgIpc) is 3.04. The second-order valence-corrected chi connectivity index (χ2v) is 7.28. The van der Waals surface area contributed by atoms with Gasteiger partial charge in [0, 0.05) is 28.9 Å². The van der Waals surface area contributed by atoms with Gasteiger partial charge in [0.1, 0.15) is 11.6 Å². The lowest BCUT2D eigenvalue weighted by Crippen LogP contribution is -2.30. The number of carbonyl (C=O) groups excluding carboxylic acids is 2. The summed E-state index contributed by atoms with van der Waals surface area (Å²) in [4.78, 5) is 37.6. The van der Waals surface area contributed by atoms with Gasteiger partial charge in [0.15, 0.2) is 0 Å². The van der Waals surface area contributed by atoms with Crippen LogP contribution in [0.3, 0.4) is 0 Å². The van der Waals surface area contributed by atoms with Gasteiger partial charge in [0.25, 0.3) is 17.4 Å². The molecule has 0 radical (unpaired) electrons. The highest BCUT2D eigenvalue weighted by atomic mass is 19.1. The minimum atomic E-state index is -1.22. The number of rotatable bonds is 4. The van der Waals surface area contributed by atoms with Gasteiger partial charge >= 0.3 is 0 Å². The molecule has 7 nitrogen and oxygen atoms in total. The molecule has 0 aliphatic carbocycles. The van der Waals surface area contributed by atoms with Crippen molar-refractivity contribution in [1.82, 2.24) is 0 Å². The molecule has 1 heterocycles. The Bertz CT molecular complexity index is 1280. The summed E-state index contributed by atoms with van der Waals surface area (Å²) in [5.41, 5.74) is 0.736. The van der Waals surface area contributed by atoms with E-state index in [9.17, 15) is 29.2 Å². The van der Waals surface area contributed by atoms with E-state index in [0.29, 0.717) is 11.3 Å². The molecule has 0 aromatic heterocycles. The van der Waals surface area contributed by atoms with E-state index in [4.69, 9.17) is 0 Å². The lowest BCUT2D eigenvalue weighted by Gasteiger charge is -2.27. The highest BCUT2D eigenvalue weighted by molar-refractivity contribution is 6.51. The maximum atomic E-state index is 14.8.